The highest BCUT2D eigenvalue weighted by Gasteiger charge is 2.63. The van der Waals surface area contributed by atoms with Crippen molar-refractivity contribution in [2.75, 3.05) is 0 Å². The van der Waals surface area contributed by atoms with Crippen molar-refractivity contribution >= 4 is 0 Å². The molecule has 0 amide bonds. The van der Waals surface area contributed by atoms with E-state index < -0.39 is 11.6 Å². The van der Waals surface area contributed by atoms with Crippen molar-refractivity contribution in [2.24, 2.45) is 5.41 Å². The highest BCUT2D eigenvalue weighted by molar-refractivity contribution is 5.23. The molecule has 2 aliphatic carbocycles. The highest BCUT2D eigenvalue weighted by atomic mass is 19.4. The second-order valence-electron chi connectivity index (χ2n) is 6.17. The van der Waals surface area contributed by atoms with Crippen molar-refractivity contribution in [3.8, 4) is 0 Å². The lowest BCUT2D eigenvalue weighted by molar-refractivity contribution is -0.190. The van der Waals surface area contributed by atoms with E-state index in [0.717, 1.165) is 11.3 Å². The Kier molecular flexibility index (Phi) is 2.88. The van der Waals surface area contributed by atoms with E-state index in [1.807, 2.05) is 19.1 Å². The Balaban J connectivity index is 1.68. The summed E-state index contributed by atoms with van der Waals surface area (Å²) >= 11 is 0. The number of pyridine rings is 1. The van der Waals surface area contributed by atoms with Gasteiger partial charge in [-0.25, -0.2) is 0 Å². The highest BCUT2D eigenvalue weighted by Crippen LogP contribution is 2.62. The van der Waals surface area contributed by atoms with E-state index in [-0.39, 0.29) is 25.2 Å². The fourth-order valence-electron chi connectivity index (χ4n) is 2.79. The molecule has 0 aromatic carbocycles. The summed E-state index contributed by atoms with van der Waals surface area (Å²) < 4.78 is 38.8. The van der Waals surface area contributed by atoms with Crippen molar-refractivity contribution in [1.29, 1.82) is 0 Å². The van der Waals surface area contributed by atoms with Crippen LogP contribution in [0.3, 0.4) is 0 Å². The first kappa shape index (κ1) is 12.9. The fourth-order valence-corrected chi connectivity index (χ4v) is 2.79. The molecule has 0 bridgehead atoms. The molecule has 1 aromatic heterocycles. The molecular weight excluding hydrogens is 251 g/mol. The normalized spacial score (nSPS) is 23.2. The Hall–Kier alpha value is -1.06. The number of rotatable bonds is 4. The topological polar surface area (TPSA) is 12.9 Å². The van der Waals surface area contributed by atoms with Crippen LogP contribution in [0.5, 0.6) is 0 Å². The van der Waals surface area contributed by atoms with Crippen LogP contribution in [0, 0.1) is 5.41 Å². The molecule has 4 heteroatoms. The van der Waals surface area contributed by atoms with Crippen LogP contribution in [0.15, 0.2) is 18.3 Å². The van der Waals surface area contributed by atoms with Crippen LogP contribution >= 0.6 is 0 Å². The molecule has 0 radical (unpaired) electrons. The van der Waals surface area contributed by atoms with Crippen molar-refractivity contribution in [2.45, 2.75) is 57.0 Å². The second kappa shape index (κ2) is 4.22. The molecule has 0 saturated heterocycles. The van der Waals surface area contributed by atoms with Gasteiger partial charge in [0.15, 0.2) is 0 Å². The molecule has 2 aliphatic rings. The zero-order valence-corrected chi connectivity index (χ0v) is 11.0. The lowest BCUT2D eigenvalue weighted by Gasteiger charge is -2.23. The summed E-state index contributed by atoms with van der Waals surface area (Å²) in [6.07, 6.45) is 0.870. The summed E-state index contributed by atoms with van der Waals surface area (Å²) in [4.78, 5) is 4.39. The predicted octanol–water partition coefficient (Wildman–Crippen LogP) is 4.80. The zero-order chi connectivity index (χ0) is 13.7. The number of halogens is 3. The van der Waals surface area contributed by atoms with Crippen molar-refractivity contribution < 1.29 is 13.2 Å². The van der Waals surface area contributed by atoms with Gasteiger partial charge < -0.3 is 0 Å². The Bertz CT molecular complexity index is 455. The first-order chi connectivity index (χ1) is 8.91. The SMILES string of the molecule is CC(CC1(C(F)(F)F)CC1)c1ccc(C2CC2)nc1. The molecule has 1 atom stereocenters. The van der Waals surface area contributed by atoms with Gasteiger partial charge in [-0.3, -0.25) is 4.98 Å². The predicted molar refractivity (Wildman–Crippen MR) is 67.0 cm³/mol. The molecule has 0 aliphatic heterocycles. The maximum absolute atomic E-state index is 12.9. The van der Waals surface area contributed by atoms with Gasteiger partial charge in [-0.2, -0.15) is 13.2 Å². The van der Waals surface area contributed by atoms with E-state index in [1.54, 1.807) is 6.20 Å². The Morgan fingerprint density at radius 2 is 2.00 bits per heavy atom. The second-order valence-corrected chi connectivity index (χ2v) is 6.17. The fraction of sp³-hybridized carbons (Fsp3) is 0.667. The summed E-state index contributed by atoms with van der Waals surface area (Å²) in [5.74, 6) is 0.513. The quantitative estimate of drug-likeness (QED) is 0.765. The average Bonchev–Trinajstić information content (AvgIpc) is 3.22. The van der Waals surface area contributed by atoms with Gasteiger partial charge in [0, 0.05) is 17.8 Å². The third-order valence-electron chi connectivity index (χ3n) is 4.53. The molecule has 19 heavy (non-hydrogen) atoms. The number of hydrogen-bond donors (Lipinski definition) is 0. The first-order valence-electron chi connectivity index (χ1n) is 6.94. The van der Waals surface area contributed by atoms with Crippen LogP contribution in [0.1, 0.15) is 62.1 Å². The van der Waals surface area contributed by atoms with Crippen molar-refractivity contribution in [3.63, 3.8) is 0 Å². The van der Waals surface area contributed by atoms with Gasteiger partial charge in [-0.05, 0) is 49.7 Å². The van der Waals surface area contributed by atoms with Gasteiger partial charge in [-0.1, -0.05) is 13.0 Å². The molecule has 2 saturated carbocycles. The van der Waals surface area contributed by atoms with E-state index in [0.29, 0.717) is 5.92 Å². The third kappa shape index (κ3) is 2.49. The van der Waals surface area contributed by atoms with Gasteiger partial charge in [-0.15, -0.1) is 0 Å². The maximum atomic E-state index is 12.9. The Morgan fingerprint density at radius 1 is 1.32 bits per heavy atom. The van der Waals surface area contributed by atoms with E-state index >= 15 is 0 Å². The van der Waals surface area contributed by atoms with Gasteiger partial charge >= 0.3 is 6.18 Å². The minimum absolute atomic E-state index is 0.0788. The van der Waals surface area contributed by atoms with Crippen LogP contribution in [-0.4, -0.2) is 11.2 Å². The average molecular weight is 269 g/mol. The largest absolute Gasteiger partial charge is 0.394 e. The van der Waals surface area contributed by atoms with Crippen LogP contribution in [0.4, 0.5) is 13.2 Å². The maximum Gasteiger partial charge on any atom is 0.394 e. The molecule has 1 nitrogen and oxygen atoms in total. The Morgan fingerprint density at radius 3 is 2.42 bits per heavy atom. The lowest BCUT2D eigenvalue weighted by Crippen LogP contribution is -2.26. The lowest BCUT2D eigenvalue weighted by atomic mass is 9.88. The molecule has 1 heterocycles. The molecule has 0 N–H and O–H groups in total. The summed E-state index contributed by atoms with van der Waals surface area (Å²) in [5, 5.41) is 0. The van der Waals surface area contributed by atoms with E-state index in [2.05, 4.69) is 4.98 Å². The van der Waals surface area contributed by atoms with E-state index in [1.165, 1.54) is 12.8 Å². The molecular formula is C15H18F3N. The molecule has 2 fully saturated rings. The van der Waals surface area contributed by atoms with Crippen LogP contribution < -0.4 is 0 Å². The summed E-state index contributed by atoms with van der Waals surface area (Å²) in [5.41, 5.74) is 0.606. The first-order valence-corrected chi connectivity index (χ1v) is 6.94. The van der Waals surface area contributed by atoms with Crippen LogP contribution in [0.25, 0.3) is 0 Å². The van der Waals surface area contributed by atoms with E-state index in [9.17, 15) is 13.2 Å². The standard InChI is InChI=1S/C15H18F3N/c1-10(8-14(6-7-14)15(16,17)18)12-4-5-13(19-9-12)11-2-3-11/h4-5,9-11H,2-3,6-8H2,1H3. The summed E-state index contributed by atoms with van der Waals surface area (Å²) in [6.45, 7) is 1.87. The molecule has 1 aromatic rings. The summed E-state index contributed by atoms with van der Waals surface area (Å²) in [6, 6.07) is 3.94. The molecule has 3 rings (SSSR count). The van der Waals surface area contributed by atoms with Crippen molar-refractivity contribution in [1.82, 2.24) is 4.98 Å². The minimum Gasteiger partial charge on any atom is -0.261 e. The number of alkyl halides is 3. The van der Waals surface area contributed by atoms with Gasteiger partial charge in [0.05, 0.1) is 5.41 Å². The van der Waals surface area contributed by atoms with Crippen molar-refractivity contribution in [3.05, 3.63) is 29.6 Å². The molecule has 1 unspecified atom stereocenters. The Labute approximate surface area is 111 Å². The smallest absolute Gasteiger partial charge is 0.261 e. The van der Waals surface area contributed by atoms with Crippen LogP contribution in [0.2, 0.25) is 0 Å². The van der Waals surface area contributed by atoms with Gasteiger partial charge in [0.1, 0.15) is 0 Å². The zero-order valence-electron chi connectivity index (χ0n) is 11.0. The number of aromatic nitrogens is 1. The monoisotopic (exact) mass is 269 g/mol. The molecule has 104 valence electrons. The minimum atomic E-state index is -4.05. The number of nitrogens with zero attached hydrogens (tertiary/aromatic N) is 1. The van der Waals surface area contributed by atoms with Gasteiger partial charge in [0.25, 0.3) is 0 Å². The number of hydrogen-bond acceptors (Lipinski definition) is 1. The van der Waals surface area contributed by atoms with Crippen LogP contribution in [-0.2, 0) is 0 Å². The summed E-state index contributed by atoms with van der Waals surface area (Å²) in [7, 11) is 0. The van der Waals surface area contributed by atoms with E-state index in [4.69, 9.17) is 0 Å². The third-order valence-corrected chi connectivity index (χ3v) is 4.53. The van der Waals surface area contributed by atoms with Gasteiger partial charge in [0.2, 0.25) is 0 Å². The molecule has 0 spiro atoms.